The van der Waals surface area contributed by atoms with Gasteiger partial charge in [0.25, 0.3) is 11.6 Å². The van der Waals surface area contributed by atoms with E-state index in [1.165, 1.54) is 28.9 Å². The van der Waals surface area contributed by atoms with Crippen molar-refractivity contribution >= 4 is 56.6 Å². The highest BCUT2D eigenvalue weighted by molar-refractivity contribution is 9.10. The van der Waals surface area contributed by atoms with Gasteiger partial charge in [0.15, 0.2) is 0 Å². The molecule has 0 radical (unpaired) electrons. The average Bonchev–Trinajstić information content (AvgIpc) is 3.11. The lowest BCUT2D eigenvalue weighted by Gasteiger charge is -2.06. The van der Waals surface area contributed by atoms with Crippen LogP contribution in [0.2, 0.25) is 0 Å². The maximum absolute atomic E-state index is 12.1. The van der Waals surface area contributed by atoms with Gasteiger partial charge in [0.2, 0.25) is 11.1 Å². The number of anilines is 2. The number of rotatable bonds is 8. The van der Waals surface area contributed by atoms with Crippen molar-refractivity contribution in [2.24, 2.45) is 5.10 Å². The molecule has 3 rings (SSSR count). The number of nitrogens with two attached hydrogens (primary N) is 1. The molecule has 0 aliphatic rings. The molecule has 11 nitrogen and oxygen atoms in total. The topological polar surface area (TPSA) is 153 Å². The van der Waals surface area contributed by atoms with Gasteiger partial charge in [-0.3, -0.25) is 14.9 Å². The Morgan fingerprint density at radius 1 is 1.23 bits per heavy atom. The lowest BCUT2D eigenvalue weighted by molar-refractivity contribution is -0.384. The van der Waals surface area contributed by atoms with Gasteiger partial charge in [0.1, 0.15) is 0 Å². The number of non-ortho nitro benzene ring substituents is 1. The highest BCUT2D eigenvalue weighted by atomic mass is 79.9. The number of nitro benzene ring substituents is 1. The first-order valence-corrected chi connectivity index (χ1v) is 10.5. The molecule has 0 aliphatic heterocycles. The lowest BCUT2D eigenvalue weighted by Crippen LogP contribution is -2.17. The number of halogens is 1. The van der Waals surface area contributed by atoms with Gasteiger partial charge in [0, 0.05) is 22.3 Å². The van der Waals surface area contributed by atoms with E-state index in [-0.39, 0.29) is 23.3 Å². The number of carbonyl (C=O) groups is 1. The summed E-state index contributed by atoms with van der Waals surface area (Å²) in [4.78, 5) is 22.3. The fourth-order valence-electron chi connectivity index (χ4n) is 2.33. The van der Waals surface area contributed by atoms with Crippen LogP contribution in [-0.4, -0.2) is 37.2 Å². The zero-order valence-corrected chi connectivity index (χ0v) is 18.6. The predicted octanol–water partition coefficient (Wildman–Crippen LogP) is 3.23. The summed E-state index contributed by atoms with van der Waals surface area (Å²) in [6.45, 7) is 1.84. The quantitative estimate of drug-likeness (QED) is 0.139. The van der Waals surface area contributed by atoms with Crippen LogP contribution in [0.3, 0.4) is 0 Å². The molecule has 1 aromatic heterocycles. The number of nitro groups is 1. The van der Waals surface area contributed by atoms with Crippen molar-refractivity contribution in [2.75, 3.05) is 22.3 Å². The van der Waals surface area contributed by atoms with Gasteiger partial charge in [0.05, 0.1) is 16.4 Å². The Morgan fingerprint density at radius 3 is 2.55 bits per heavy atom. The number of aromatic nitrogens is 3. The molecule has 31 heavy (non-hydrogen) atoms. The summed E-state index contributed by atoms with van der Waals surface area (Å²) in [5.41, 5.74) is 4.81. The van der Waals surface area contributed by atoms with Crippen LogP contribution in [0.15, 0.2) is 63.3 Å². The van der Waals surface area contributed by atoms with Crippen LogP contribution in [0.4, 0.5) is 17.3 Å². The minimum absolute atomic E-state index is 0.0213. The van der Waals surface area contributed by atoms with Gasteiger partial charge >= 0.3 is 0 Å². The van der Waals surface area contributed by atoms with Crippen LogP contribution in [0.1, 0.15) is 12.5 Å². The number of thioether (sulfide) groups is 1. The molecule has 3 aromatic rings. The minimum Gasteiger partial charge on any atom is -0.334 e. The van der Waals surface area contributed by atoms with Gasteiger partial charge in [-0.2, -0.15) is 5.10 Å². The van der Waals surface area contributed by atoms with Gasteiger partial charge in [-0.1, -0.05) is 39.8 Å². The second-order valence-electron chi connectivity index (χ2n) is 6.13. The normalized spacial score (nSPS) is 11.2. The van der Waals surface area contributed by atoms with Crippen molar-refractivity contribution in [2.45, 2.75) is 12.1 Å². The standard InChI is InChI=1S/C18H17BrN8O3S/c1-11(12-2-4-13(19)5-3-12)22-23-17-24-25-18(26(17)20)31-10-16(28)21-14-6-8-15(9-7-14)27(29)30/h2-9H,10,20H2,1H3,(H,21,28)(H,23,24)/b22-11+. The zero-order chi connectivity index (χ0) is 22.4. The number of carbonyl (C=O) groups excluding carboxylic acids is 1. The van der Waals surface area contributed by atoms with Gasteiger partial charge in [-0.15, -0.1) is 10.2 Å². The number of hydrogen-bond acceptors (Lipinski definition) is 9. The van der Waals surface area contributed by atoms with Crippen molar-refractivity contribution < 1.29 is 9.72 Å². The Kier molecular flexibility index (Phi) is 7.20. The molecule has 0 aliphatic carbocycles. The number of nitrogens with one attached hydrogen (secondary N) is 2. The summed E-state index contributed by atoms with van der Waals surface area (Å²) in [7, 11) is 0. The summed E-state index contributed by atoms with van der Waals surface area (Å²) in [5, 5.41) is 25.8. The van der Waals surface area contributed by atoms with E-state index in [1.54, 1.807) is 0 Å². The van der Waals surface area contributed by atoms with E-state index in [0.29, 0.717) is 10.8 Å². The molecule has 1 amide bonds. The van der Waals surface area contributed by atoms with Crippen LogP contribution < -0.4 is 16.6 Å². The second kappa shape index (κ2) is 10.0. The smallest absolute Gasteiger partial charge is 0.269 e. The second-order valence-corrected chi connectivity index (χ2v) is 7.99. The Hall–Kier alpha value is -3.45. The van der Waals surface area contributed by atoms with Gasteiger partial charge < -0.3 is 11.2 Å². The lowest BCUT2D eigenvalue weighted by atomic mass is 10.1. The first-order chi connectivity index (χ1) is 14.8. The van der Waals surface area contributed by atoms with Crippen LogP contribution in [0.5, 0.6) is 0 Å². The molecule has 13 heteroatoms. The molecule has 0 saturated carbocycles. The van der Waals surface area contributed by atoms with Crippen molar-refractivity contribution in [3.05, 3.63) is 68.7 Å². The van der Waals surface area contributed by atoms with Crippen molar-refractivity contribution in [3.8, 4) is 0 Å². The number of hydrazone groups is 1. The van der Waals surface area contributed by atoms with Crippen LogP contribution in [0.25, 0.3) is 0 Å². The van der Waals surface area contributed by atoms with E-state index in [9.17, 15) is 14.9 Å². The fourth-order valence-corrected chi connectivity index (χ4v) is 3.26. The molecular weight excluding hydrogens is 488 g/mol. The van der Waals surface area contributed by atoms with Gasteiger partial charge in [-0.05, 0) is 36.8 Å². The summed E-state index contributed by atoms with van der Waals surface area (Å²) in [5.74, 6) is 5.89. The Labute approximate surface area is 189 Å². The number of nitrogens with zero attached hydrogens (tertiary/aromatic N) is 5. The molecule has 160 valence electrons. The third kappa shape index (κ3) is 6.02. The maximum Gasteiger partial charge on any atom is 0.269 e. The van der Waals surface area contributed by atoms with E-state index in [4.69, 9.17) is 5.84 Å². The van der Waals surface area contributed by atoms with E-state index in [2.05, 4.69) is 42.0 Å². The third-order valence-corrected chi connectivity index (χ3v) is 5.42. The molecule has 0 atom stereocenters. The first-order valence-electron chi connectivity index (χ1n) is 8.77. The number of hydrogen-bond donors (Lipinski definition) is 3. The maximum atomic E-state index is 12.1. The minimum atomic E-state index is -0.508. The van der Waals surface area contributed by atoms with Crippen molar-refractivity contribution in [1.82, 2.24) is 14.9 Å². The molecule has 0 spiro atoms. The van der Waals surface area contributed by atoms with E-state index in [0.717, 1.165) is 27.5 Å². The Balaban J connectivity index is 1.55. The summed E-state index contributed by atoms with van der Waals surface area (Å²) < 4.78 is 2.17. The molecule has 4 N–H and O–H groups in total. The molecule has 2 aromatic carbocycles. The van der Waals surface area contributed by atoms with E-state index < -0.39 is 4.92 Å². The molecular formula is C18H17BrN8O3S. The van der Waals surface area contributed by atoms with E-state index in [1.807, 2.05) is 31.2 Å². The molecule has 1 heterocycles. The molecule has 0 saturated heterocycles. The number of nitrogen functional groups attached to an aromatic ring is 1. The number of benzene rings is 2. The first kappa shape index (κ1) is 22.2. The van der Waals surface area contributed by atoms with Gasteiger partial charge in [-0.25, -0.2) is 10.1 Å². The largest absolute Gasteiger partial charge is 0.334 e. The zero-order valence-electron chi connectivity index (χ0n) is 16.2. The Morgan fingerprint density at radius 2 is 1.90 bits per heavy atom. The van der Waals surface area contributed by atoms with Crippen LogP contribution in [0, 0.1) is 10.1 Å². The van der Waals surface area contributed by atoms with Crippen LogP contribution >= 0.6 is 27.7 Å². The van der Waals surface area contributed by atoms with E-state index >= 15 is 0 Å². The highest BCUT2D eigenvalue weighted by Crippen LogP contribution is 2.19. The van der Waals surface area contributed by atoms with Crippen molar-refractivity contribution in [1.29, 1.82) is 0 Å². The monoisotopic (exact) mass is 504 g/mol. The average molecular weight is 505 g/mol. The van der Waals surface area contributed by atoms with Crippen molar-refractivity contribution in [3.63, 3.8) is 0 Å². The van der Waals surface area contributed by atoms with Crippen LogP contribution in [-0.2, 0) is 4.79 Å². The highest BCUT2D eigenvalue weighted by Gasteiger charge is 2.13. The Bertz CT molecular complexity index is 1120. The molecule has 0 fully saturated rings. The number of amides is 1. The summed E-state index contributed by atoms with van der Waals surface area (Å²) in [6.07, 6.45) is 0. The fraction of sp³-hybridized carbons (Fsp3) is 0.111. The summed E-state index contributed by atoms with van der Waals surface area (Å²) in [6, 6.07) is 13.2. The molecule has 0 unspecified atom stereocenters. The summed E-state index contributed by atoms with van der Waals surface area (Å²) >= 11 is 4.47. The third-order valence-electron chi connectivity index (χ3n) is 3.94. The predicted molar refractivity (Wildman–Crippen MR) is 123 cm³/mol. The molecule has 0 bridgehead atoms. The SMILES string of the molecule is C/C(=N\Nc1nnc(SCC(=O)Nc2ccc([N+](=O)[O-])cc2)n1N)c1ccc(Br)cc1.